The number of carbonyl (C=O) groups excluding carboxylic acids is 4. The molecule has 2 aromatic carbocycles. The van der Waals surface area contributed by atoms with Crippen LogP contribution in [-0.2, 0) is 37.1 Å². The van der Waals surface area contributed by atoms with E-state index in [9.17, 15) is 19.2 Å². The van der Waals surface area contributed by atoms with Crippen LogP contribution in [0.3, 0.4) is 0 Å². The molecule has 0 saturated carbocycles. The molecule has 0 bridgehead atoms. The first-order valence-corrected chi connectivity index (χ1v) is 14.7. The standard InChI is InChI=1S/C32H45N3O6/c1-2-3-4-5-6-7-8-15-22-33-32(39)34-23-29(36)35-28(31(38)41-25-27-18-13-10-14-19-27)20-21-30(37)40-24-26-16-11-9-12-17-26/h9-14,16-19,28H,2-8,15,20-25H2,1H3,(H,35,36)(H2,33,34,39)/t28-/m0/s1. The molecular formula is C32H45N3O6. The highest BCUT2D eigenvalue weighted by Gasteiger charge is 2.24. The van der Waals surface area contributed by atoms with Crippen LogP contribution >= 0.6 is 0 Å². The summed E-state index contributed by atoms with van der Waals surface area (Å²) >= 11 is 0. The van der Waals surface area contributed by atoms with Gasteiger partial charge in [0.1, 0.15) is 19.3 Å². The van der Waals surface area contributed by atoms with Crippen molar-refractivity contribution < 1.29 is 28.7 Å². The second-order valence-corrected chi connectivity index (χ2v) is 9.98. The third-order valence-electron chi connectivity index (χ3n) is 6.45. The number of urea groups is 1. The average molecular weight is 568 g/mol. The van der Waals surface area contributed by atoms with Crippen molar-refractivity contribution in [2.75, 3.05) is 13.1 Å². The van der Waals surface area contributed by atoms with Gasteiger partial charge in [-0.15, -0.1) is 0 Å². The molecule has 0 spiro atoms. The quantitative estimate of drug-likeness (QED) is 0.150. The van der Waals surface area contributed by atoms with E-state index in [1.165, 1.54) is 32.1 Å². The van der Waals surface area contributed by atoms with Gasteiger partial charge >= 0.3 is 18.0 Å². The van der Waals surface area contributed by atoms with E-state index >= 15 is 0 Å². The van der Waals surface area contributed by atoms with E-state index in [-0.39, 0.29) is 32.6 Å². The van der Waals surface area contributed by atoms with E-state index in [2.05, 4.69) is 22.9 Å². The molecule has 0 aliphatic heterocycles. The van der Waals surface area contributed by atoms with E-state index in [4.69, 9.17) is 9.47 Å². The molecule has 2 aromatic rings. The molecule has 0 heterocycles. The van der Waals surface area contributed by atoms with Crippen LogP contribution < -0.4 is 16.0 Å². The summed E-state index contributed by atoms with van der Waals surface area (Å²) in [5.41, 5.74) is 1.64. The molecule has 9 nitrogen and oxygen atoms in total. The monoisotopic (exact) mass is 567 g/mol. The molecule has 0 aliphatic carbocycles. The third-order valence-corrected chi connectivity index (χ3v) is 6.45. The minimum atomic E-state index is -1.07. The number of nitrogens with one attached hydrogen (secondary N) is 3. The van der Waals surface area contributed by atoms with Crippen molar-refractivity contribution in [3.8, 4) is 0 Å². The lowest BCUT2D eigenvalue weighted by molar-refractivity contribution is -0.150. The third kappa shape index (κ3) is 16.1. The molecule has 3 amide bonds. The van der Waals surface area contributed by atoms with Crippen LogP contribution in [-0.4, -0.2) is 43.0 Å². The molecule has 0 fully saturated rings. The van der Waals surface area contributed by atoms with E-state index in [0.717, 1.165) is 30.4 Å². The van der Waals surface area contributed by atoms with Crippen molar-refractivity contribution in [1.82, 2.24) is 16.0 Å². The zero-order chi connectivity index (χ0) is 29.5. The molecule has 0 aromatic heterocycles. The summed E-state index contributed by atoms with van der Waals surface area (Å²) in [7, 11) is 0. The van der Waals surface area contributed by atoms with Crippen molar-refractivity contribution in [3.63, 3.8) is 0 Å². The highest BCUT2D eigenvalue weighted by Crippen LogP contribution is 2.09. The smallest absolute Gasteiger partial charge is 0.328 e. The van der Waals surface area contributed by atoms with Crippen molar-refractivity contribution >= 4 is 23.9 Å². The van der Waals surface area contributed by atoms with E-state index < -0.39 is 29.9 Å². The van der Waals surface area contributed by atoms with E-state index in [1.807, 2.05) is 60.7 Å². The first kappa shape index (κ1) is 33.3. The summed E-state index contributed by atoms with van der Waals surface area (Å²) < 4.78 is 10.7. The number of rotatable bonds is 20. The largest absolute Gasteiger partial charge is 0.461 e. The Morgan fingerprint density at radius 1 is 0.707 bits per heavy atom. The molecule has 41 heavy (non-hydrogen) atoms. The van der Waals surface area contributed by atoms with Crippen molar-refractivity contribution in [1.29, 1.82) is 0 Å². The Labute approximate surface area is 243 Å². The van der Waals surface area contributed by atoms with Gasteiger partial charge in [-0.05, 0) is 24.0 Å². The number of carbonyl (C=O) groups is 4. The predicted molar refractivity (Wildman–Crippen MR) is 158 cm³/mol. The lowest BCUT2D eigenvalue weighted by Gasteiger charge is -2.18. The highest BCUT2D eigenvalue weighted by atomic mass is 16.5. The van der Waals surface area contributed by atoms with Gasteiger partial charge < -0.3 is 25.4 Å². The van der Waals surface area contributed by atoms with Crippen molar-refractivity contribution in [2.45, 2.75) is 90.4 Å². The predicted octanol–water partition coefficient (Wildman–Crippen LogP) is 5.18. The van der Waals surface area contributed by atoms with Crippen LogP contribution in [0.25, 0.3) is 0 Å². The van der Waals surface area contributed by atoms with Crippen LogP contribution in [0.4, 0.5) is 4.79 Å². The average Bonchev–Trinajstić information content (AvgIpc) is 3.00. The molecule has 3 N–H and O–H groups in total. The summed E-state index contributed by atoms with van der Waals surface area (Å²) in [4.78, 5) is 49.7. The van der Waals surface area contributed by atoms with Crippen molar-refractivity contribution in [3.05, 3.63) is 71.8 Å². The number of ether oxygens (including phenoxy) is 2. The van der Waals surface area contributed by atoms with Gasteiger partial charge in [-0.2, -0.15) is 0 Å². The Bertz CT molecular complexity index is 1030. The van der Waals surface area contributed by atoms with Gasteiger partial charge in [-0.1, -0.05) is 113 Å². The number of esters is 2. The Hall–Kier alpha value is -3.88. The second kappa shape index (κ2) is 20.9. The molecule has 0 aliphatic rings. The Kier molecular flexibility index (Phi) is 17.0. The number of amides is 3. The topological polar surface area (TPSA) is 123 Å². The summed E-state index contributed by atoms with van der Waals surface area (Å²) in [5.74, 6) is -1.73. The zero-order valence-electron chi connectivity index (χ0n) is 24.2. The lowest BCUT2D eigenvalue weighted by Crippen LogP contribution is -2.48. The maximum absolute atomic E-state index is 12.8. The fraction of sp³-hybridized carbons (Fsp3) is 0.500. The molecule has 224 valence electrons. The van der Waals surface area contributed by atoms with Gasteiger partial charge in [0.15, 0.2) is 0 Å². The Balaban J connectivity index is 1.74. The summed E-state index contributed by atoms with van der Waals surface area (Å²) in [6, 6.07) is 16.9. The zero-order valence-corrected chi connectivity index (χ0v) is 24.2. The minimum absolute atomic E-state index is 0.00235. The van der Waals surface area contributed by atoms with Gasteiger partial charge in [0.05, 0.1) is 6.54 Å². The SMILES string of the molecule is CCCCCCCCCCNC(=O)NCC(=O)N[C@@H](CCC(=O)OCc1ccccc1)C(=O)OCc1ccccc1. The fourth-order valence-electron chi connectivity index (χ4n) is 4.08. The van der Waals surface area contributed by atoms with Crippen LogP contribution in [0.2, 0.25) is 0 Å². The molecule has 0 radical (unpaired) electrons. The van der Waals surface area contributed by atoms with E-state index in [0.29, 0.717) is 6.54 Å². The van der Waals surface area contributed by atoms with Gasteiger partial charge in [0.25, 0.3) is 0 Å². The highest BCUT2D eigenvalue weighted by molar-refractivity contribution is 5.88. The van der Waals surface area contributed by atoms with Crippen LogP contribution in [0.5, 0.6) is 0 Å². The van der Waals surface area contributed by atoms with Gasteiger partial charge in [0, 0.05) is 13.0 Å². The normalized spacial score (nSPS) is 11.2. The van der Waals surface area contributed by atoms with Gasteiger partial charge in [-0.3, -0.25) is 9.59 Å². The van der Waals surface area contributed by atoms with Crippen LogP contribution in [0.1, 0.15) is 82.3 Å². The summed E-state index contributed by atoms with van der Waals surface area (Å²) in [5, 5.41) is 7.83. The first-order chi connectivity index (χ1) is 20.0. The van der Waals surface area contributed by atoms with E-state index in [1.54, 1.807) is 0 Å². The Morgan fingerprint density at radius 2 is 1.27 bits per heavy atom. The molecule has 0 saturated heterocycles. The lowest BCUT2D eigenvalue weighted by atomic mass is 10.1. The molecule has 0 unspecified atom stereocenters. The number of benzene rings is 2. The maximum atomic E-state index is 12.8. The van der Waals surface area contributed by atoms with Crippen molar-refractivity contribution in [2.24, 2.45) is 0 Å². The maximum Gasteiger partial charge on any atom is 0.328 e. The summed E-state index contributed by atoms with van der Waals surface area (Å²) in [6.07, 6.45) is 9.25. The fourth-order valence-corrected chi connectivity index (χ4v) is 4.08. The number of hydrogen-bond acceptors (Lipinski definition) is 6. The van der Waals surface area contributed by atoms with Gasteiger partial charge in [-0.25, -0.2) is 9.59 Å². The first-order valence-electron chi connectivity index (χ1n) is 14.7. The Morgan fingerprint density at radius 3 is 1.88 bits per heavy atom. The minimum Gasteiger partial charge on any atom is -0.461 e. The summed E-state index contributed by atoms with van der Waals surface area (Å²) in [6.45, 7) is 2.57. The van der Waals surface area contributed by atoms with Crippen LogP contribution in [0, 0.1) is 0 Å². The molecule has 2 rings (SSSR count). The number of unbranched alkanes of at least 4 members (excludes halogenated alkanes) is 7. The molecule has 9 heteroatoms. The molecular weight excluding hydrogens is 522 g/mol. The second-order valence-electron chi connectivity index (χ2n) is 9.98. The number of hydrogen-bond donors (Lipinski definition) is 3. The van der Waals surface area contributed by atoms with Crippen LogP contribution in [0.15, 0.2) is 60.7 Å². The molecule has 1 atom stereocenters. The van der Waals surface area contributed by atoms with Gasteiger partial charge in [0.2, 0.25) is 5.91 Å².